The first-order valence-electron chi connectivity index (χ1n) is 19.8. The highest BCUT2D eigenvalue weighted by Gasteiger charge is 2.15. The first kappa shape index (κ1) is 44.8. The fourth-order valence-electron chi connectivity index (χ4n) is 5.62. The molecule has 2 atom stereocenters. The quantitative estimate of drug-likeness (QED) is 0.0738. The van der Waals surface area contributed by atoms with Crippen LogP contribution in [0.25, 0.3) is 0 Å². The number of hydrogen-bond acceptors (Lipinski definition) is 6. The van der Waals surface area contributed by atoms with Gasteiger partial charge in [0, 0.05) is 59.9 Å². The maximum atomic E-state index is 6.47. The Kier molecular flexibility index (Phi) is 20.6. The third kappa shape index (κ3) is 16.7. The molecule has 0 bridgehead atoms. The molecule has 0 saturated heterocycles. The van der Waals surface area contributed by atoms with Crippen molar-refractivity contribution < 1.29 is 4.74 Å². The van der Waals surface area contributed by atoms with Crippen molar-refractivity contribution >= 4 is 28.4 Å². The third-order valence-electron chi connectivity index (χ3n) is 9.23. The zero-order valence-electron chi connectivity index (χ0n) is 34.6. The van der Waals surface area contributed by atoms with Gasteiger partial charge in [-0.3, -0.25) is 0 Å². The lowest BCUT2D eigenvalue weighted by Crippen LogP contribution is -2.25. The van der Waals surface area contributed by atoms with E-state index >= 15 is 0 Å². The van der Waals surface area contributed by atoms with Gasteiger partial charge in [-0.25, -0.2) is 0 Å². The van der Waals surface area contributed by atoms with Crippen LogP contribution in [0, 0.1) is 116 Å². The van der Waals surface area contributed by atoms with Crippen LogP contribution in [-0.2, 0) is 0 Å². The number of hydrogen-bond donors (Lipinski definition) is 0. The van der Waals surface area contributed by atoms with Crippen molar-refractivity contribution in [3.8, 4) is 89.3 Å². The van der Waals surface area contributed by atoms with Gasteiger partial charge >= 0.3 is 0 Å². The molecular formula is C51H53N5O. The molecule has 0 fully saturated rings. The summed E-state index contributed by atoms with van der Waals surface area (Å²) < 4.78 is 6.47. The van der Waals surface area contributed by atoms with Crippen molar-refractivity contribution in [1.82, 2.24) is 0 Å². The van der Waals surface area contributed by atoms with Gasteiger partial charge in [0.15, 0.2) is 0 Å². The van der Waals surface area contributed by atoms with Gasteiger partial charge in [-0.15, -0.1) is 11.5 Å². The van der Waals surface area contributed by atoms with Crippen molar-refractivity contribution in [1.29, 1.82) is 0 Å². The number of azo groups is 2. The summed E-state index contributed by atoms with van der Waals surface area (Å²) >= 11 is 0. The molecule has 6 nitrogen and oxygen atoms in total. The topological polar surface area (TPSA) is 61.9 Å². The molecule has 0 saturated carbocycles. The van der Waals surface area contributed by atoms with E-state index in [1.165, 1.54) is 18.4 Å². The Morgan fingerprint density at radius 2 is 1.16 bits per heavy atom. The van der Waals surface area contributed by atoms with Gasteiger partial charge in [0.1, 0.15) is 11.4 Å². The molecule has 0 spiro atoms. The van der Waals surface area contributed by atoms with Crippen LogP contribution in [0.15, 0.2) is 75.1 Å². The van der Waals surface area contributed by atoms with Crippen molar-refractivity contribution in [2.24, 2.45) is 32.3 Å². The second kappa shape index (κ2) is 26.2. The van der Waals surface area contributed by atoms with Gasteiger partial charge in [0.05, 0.1) is 23.7 Å². The van der Waals surface area contributed by atoms with E-state index in [9.17, 15) is 0 Å². The van der Waals surface area contributed by atoms with Crippen molar-refractivity contribution in [2.45, 2.75) is 99.8 Å². The molecule has 0 aliphatic heterocycles. The molecule has 0 amide bonds. The lowest BCUT2D eigenvalue weighted by Gasteiger charge is -2.24. The second-order valence-electron chi connectivity index (χ2n) is 13.7. The largest absolute Gasteiger partial charge is 0.491 e. The standard InChI is InChI=1S/C51H53N5O/c1-9-14-17-18-19-20-21-22-23-24-25-26-35-56(39-44(12-4)27-15-10-2)47-33-34-48(42(7)36-47)53-55-50-37-43(8)49(54-52-46-31-29-41(6)30-32-46)38-51(50)57-40-45(13-5)28-16-11-3/h1,29-34,36-38,44-45H,10-13,15-16,27-28,39-40H2,2-8H3/b54-52+,55-53+. The Morgan fingerprint density at radius 3 is 1.75 bits per heavy atom. The van der Waals surface area contributed by atoms with Crippen LogP contribution in [0.5, 0.6) is 5.75 Å². The highest BCUT2D eigenvalue weighted by molar-refractivity contribution is 5.64. The molecule has 3 aromatic rings. The maximum Gasteiger partial charge on any atom is 0.149 e. The van der Waals surface area contributed by atoms with Gasteiger partial charge < -0.3 is 9.64 Å². The number of benzene rings is 3. The van der Waals surface area contributed by atoms with Gasteiger partial charge in [-0.2, -0.15) is 15.3 Å². The molecule has 0 aliphatic rings. The number of aryl methyl sites for hydroxylation is 3. The molecule has 57 heavy (non-hydrogen) atoms. The van der Waals surface area contributed by atoms with Crippen LogP contribution in [-0.4, -0.2) is 13.2 Å². The average Bonchev–Trinajstić information content (AvgIpc) is 3.22. The lowest BCUT2D eigenvalue weighted by atomic mass is 9.98. The van der Waals surface area contributed by atoms with Crippen LogP contribution in [0.3, 0.4) is 0 Å². The van der Waals surface area contributed by atoms with Crippen LogP contribution < -0.4 is 9.64 Å². The highest BCUT2D eigenvalue weighted by Crippen LogP contribution is 2.38. The minimum absolute atomic E-state index is 0.452. The Hall–Kier alpha value is -6.62. The number of unbranched alkanes of at least 4 members (excludes halogenated alkanes) is 2. The van der Waals surface area contributed by atoms with Gasteiger partial charge in [-0.1, -0.05) is 83.9 Å². The molecule has 6 heteroatoms. The third-order valence-corrected chi connectivity index (χ3v) is 9.23. The van der Waals surface area contributed by atoms with Crippen molar-refractivity contribution in [3.63, 3.8) is 0 Å². The van der Waals surface area contributed by atoms with Crippen LogP contribution in [0.4, 0.5) is 28.4 Å². The van der Waals surface area contributed by atoms with Crippen molar-refractivity contribution in [3.05, 3.63) is 71.3 Å². The van der Waals surface area contributed by atoms with E-state index < -0.39 is 0 Å². The molecule has 3 rings (SSSR count). The van der Waals surface area contributed by atoms with Gasteiger partial charge in [0.2, 0.25) is 0 Å². The summed E-state index contributed by atoms with van der Waals surface area (Å²) in [4.78, 5) is 2.08. The molecule has 0 aromatic heterocycles. The van der Waals surface area contributed by atoms with Gasteiger partial charge in [-0.05, 0) is 128 Å². The molecule has 0 aliphatic carbocycles. The summed E-state index contributed by atoms with van der Waals surface area (Å²) in [7, 11) is 0. The SMILES string of the molecule is C#CC#CC#CC#CC#CC#CC#CN(CC(CC)CCCC)c1ccc(/N=N/c2cc(C)c(/N=N/c3ccc(C)cc3)cc2OCC(CC)CCCC)c(C)c1. The first-order valence-corrected chi connectivity index (χ1v) is 19.8. The Labute approximate surface area is 342 Å². The molecule has 0 heterocycles. The van der Waals surface area contributed by atoms with E-state index in [0.717, 1.165) is 78.9 Å². The van der Waals surface area contributed by atoms with E-state index in [4.69, 9.17) is 21.4 Å². The highest BCUT2D eigenvalue weighted by atomic mass is 16.5. The predicted molar refractivity (Wildman–Crippen MR) is 237 cm³/mol. The Morgan fingerprint density at radius 1 is 0.596 bits per heavy atom. The van der Waals surface area contributed by atoms with Crippen LogP contribution in [0.1, 0.15) is 95.8 Å². The average molecular weight is 752 g/mol. The predicted octanol–water partition coefficient (Wildman–Crippen LogP) is 12.7. The normalized spacial score (nSPS) is 11.0. The van der Waals surface area contributed by atoms with Crippen LogP contribution >= 0.6 is 0 Å². The Bertz CT molecular complexity index is 2280. The molecule has 0 N–H and O–H groups in total. The van der Waals surface area contributed by atoms with E-state index in [1.54, 1.807) is 0 Å². The molecule has 2 unspecified atom stereocenters. The number of anilines is 1. The molecular weight excluding hydrogens is 699 g/mol. The summed E-state index contributed by atoms with van der Waals surface area (Å²) in [6.45, 7) is 16.4. The molecule has 3 aromatic carbocycles. The number of rotatable bonds is 18. The number of ether oxygens (including phenoxy) is 1. The summed E-state index contributed by atoms with van der Waals surface area (Å²) in [5, 5.41) is 18.5. The fourth-order valence-corrected chi connectivity index (χ4v) is 5.62. The zero-order valence-corrected chi connectivity index (χ0v) is 34.6. The van der Waals surface area contributed by atoms with E-state index in [0.29, 0.717) is 29.9 Å². The van der Waals surface area contributed by atoms with E-state index in [2.05, 4.69) is 133 Å². The fraction of sp³-hybridized carbons (Fsp3) is 0.373. The van der Waals surface area contributed by atoms with Gasteiger partial charge in [0.25, 0.3) is 0 Å². The maximum absolute atomic E-state index is 6.47. The zero-order chi connectivity index (χ0) is 41.1. The summed E-state index contributed by atoms with van der Waals surface area (Å²) in [6, 6.07) is 21.3. The number of nitrogens with zero attached hydrogens (tertiary/aromatic N) is 5. The molecule has 288 valence electrons. The summed E-state index contributed by atoms with van der Waals surface area (Å²) in [5.74, 6) is 32.8. The Balaban J connectivity index is 1.92. The smallest absolute Gasteiger partial charge is 0.149 e. The summed E-state index contributed by atoms with van der Waals surface area (Å²) in [5.41, 5.74) is 6.99. The minimum Gasteiger partial charge on any atom is -0.491 e. The summed E-state index contributed by atoms with van der Waals surface area (Å²) in [6.07, 6.45) is 14.1. The van der Waals surface area contributed by atoms with E-state index in [1.807, 2.05) is 62.4 Å². The number of terminal acetylenes is 1. The van der Waals surface area contributed by atoms with E-state index in [-0.39, 0.29) is 0 Å². The minimum atomic E-state index is 0.452. The second-order valence-corrected chi connectivity index (χ2v) is 13.7. The van der Waals surface area contributed by atoms with Crippen LogP contribution in [0.2, 0.25) is 0 Å². The lowest BCUT2D eigenvalue weighted by molar-refractivity contribution is 0.234. The molecule has 0 radical (unpaired) electrons. The van der Waals surface area contributed by atoms with Crippen molar-refractivity contribution in [2.75, 3.05) is 18.1 Å². The monoisotopic (exact) mass is 751 g/mol. The first-order chi connectivity index (χ1) is 27.8.